The fourth-order valence-corrected chi connectivity index (χ4v) is 2.29. The number of rotatable bonds is 7. The van der Waals surface area contributed by atoms with Gasteiger partial charge in [-0.15, -0.1) is 24.0 Å². The predicted molar refractivity (Wildman–Crippen MR) is 112 cm³/mol. The van der Waals surface area contributed by atoms with Crippen LogP contribution in [0.3, 0.4) is 0 Å². The van der Waals surface area contributed by atoms with Gasteiger partial charge in [-0.2, -0.15) is 0 Å². The van der Waals surface area contributed by atoms with E-state index in [2.05, 4.69) is 41.5 Å². The molecule has 0 unspecified atom stereocenters. The van der Waals surface area contributed by atoms with Crippen LogP contribution in [0.25, 0.3) is 0 Å². The number of hydrogen-bond acceptors (Lipinski definition) is 2. The molecular formula is C19H26IN3O. The summed E-state index contributed by atoms with van der Waals surface area (Å²) in [5, 5.41) is 3.15. The molecule has 3 N–H and O–H groups in total. The van der Waals surface area contributed by atoms with Gasteiger partial charge in [0.25, 0.3) is 0 Å². The lowest BCUT2D eigenvalue weighted by Crippen LogP contribution is -2.22. The fraction of sp³-hybridized carbons (Fsp3) is 0.316. The number of aliphatic imine (C=N–C) groups is 1. The van der Waals surface area contributed by atoms with Gasteiger partial charge in [-0.3, -0.25) is 0 Å². The molecule has 0 aliphatic heterocycles. The summed E-state index contributed by atoms with van der Waals surface area (Å²) in [6.45, 7) is 5.97. The molecule has 2 aromatic rings. The number of guanidine groups is 1. The number of anilines is 1. The Labute approximate surface area is 161 Å². The number of nitrogens with two attached hydrogens (primary N) is 1. The van der Waals surface area contributed by atoms with Gasteiger partial charge in [-0.1, -0.05) is 43.3 Å². The first-order chi connectivity index (χ1) is 11.2. The summed E-state index contributed by atoms with van der Waals surface area (Å²) in [5.74, 6) is 0.421. The van der Waals surface area contributed by atoms with Crippen LogP contribution in [0.1, 0.15) is 30.5 Å². The molecule has 0 aliphatic carbocycles. The maximum Gasteiger partial charge on any atom is 0.193 e. The molecular weight excluding hydrogens is 413 g/mol. The zero-order valence-electron chi connectivity index (χ0n) is 14.3. The van der Waals surface area contributed by atoms with Crippen LogP contribution in [-0.4, -0.2) is 12.6 Å². The Kier molecular flexibility index (Phi) is 9.41. The average molecular weight is 439 g/mol. The second-order valence-corrected chi connectivity index (χ2v) is 5.29. The summed E-state index contributed by atoms with van der Waals surface area (Å²) in [4.78, 5) is 4.44. The Hall–Kier alpha value is -1.60. The summed E-state index contributed by atoms with van der Waals surface area (Å²) in [5.41, 5.74) is 10.5. The third-order valence-electron chi connectivity index (χ3n) is 3.61. The average Bonchev–Trinajstić information content (AvgIpc) is 2.59. The molecule has 2 aromatic carbocycles. The molecule has 5 heteroatoms. The van der Waals surface area contributed by atoms with Crippen molar-refractivity contribution in [3.63, 3.8) is 0 Å². The molecule has 0 bridgehead atoms. The maximum atomic E-state index is 6.00. The van der Waals surface area contributed by atoms with Gasteiger partial charge in [-0.25, -0.2) is 4.99 Å². The van der Waals surface area contributed by atoms with Gasteiger partial charge < -0.3 is 15.8 Å². The number of benzene rings is 2. The van der Waals surface area contributed by atoms with Crippen LogP contribution in [-0.2, 0) is 24.3 Å². The fourth-order valence-electron chi connectivity index (χ4n) is 2.29. The molecule has 0 saturated carbocycles. The number of ether oxygens (including phenoxy) is 1. The molecule has 0 aliphatic rings. The first-order valence-corrected chi connectivity index (χ1v) is 8.03. The monoisotopic (exact) mass is 439 g/mol. The highest BCUT2D eigenvalue weighted by molar-refractivity contribution is 14.0. The molecule has 130 valence electrons. The third kappa shape index (κ3) is 6.49. The van der Waals surface area contributed by atoms with Crippen molar-refractivity contribution in [2.75, 3.05) is 11.9 Å². The predicted octanol–water partition coefficient (Wildman–Crippen LogP) is 4.33. The second kappa shape index (κ2) is 11.0. The van der Waals surface area contributed by atoms with Crippen LogP contribution in [0.2, 0.25) is 0 Å². The lowest BCUT2D eigenvalue weighted by Gasteiger charge is -2.09. The zero-order valence-corrected chi connectivity index (χ0v) is 16.6. The second-order valence-electron chi connectivity index (χ2n) is 5.29. The maximum absolute atomic E-state index is 6.00. The van der Waals surface area contributed by atoms with Gasteiger partial charge in [0.2, 0.25) is 0 Å². The van der Waals surface area contributed by atoms with E-state index in [0.717, 1.165) is 23.2 Å². The van der Waals surface area contributed by atoms with E-state index >= 15 is 0 Å². The number of halogens is 1. The van der Waals surface area contributed by atoms with Crippen molar-refractivity contribution in [3.8, 4) is 0 Å². The topological polar surface area (TPSA) is 59.6 Å². The third-order valence-corrected chi connectivity index (χ3v) is 3.61. The van der Waals surface area contributed by atoms with E-state index in [1.165, 1.54) is 5.56 Å². The zero-order chi connectivity index (χ0) is 16.5. The minimum Gasteiger partial charge on any atom is -0.377 e. The molecule has 2 rings (SSSR count). The standard InChI is InChI=1S/C19H25N3O.HI/c1-3-15-8-7-11-18(12-15)22-19(20)21-13-16-9-5-6-10-17(16)14-23-4-2;/h5-12H,3-4,13-14H2,1-2H3,(H3,20,21,22);1H. The Morgan fingerprint density at radius 1 is 1.08 bits per heavy atom. The molecule has 0 radical (unpaired) electrons. The van der Waals surface area contributed by atoms with Crippen LogP contribution in [0, 0.1) is 0 Å². The SMILES string of the molecule is CCOCc1ccccc1CN=C(N)Nc1cccc(CC)c1.I. The van der Waals surface area contributed by atoms with E-state index in [9.17, 15) is 0 Å². The molecule has 24 heavy (non-hydrogen) atoms. The van der Waals surface area contributed by atoms with E-state index in [0.29, 0.717) is 25.7 Å². The van der Waals surface area contributed by atoms with Crippen molar-refractivity contribution in [2.45, 2.75) is 33.4 Å². The van der Waals surface area contributed by atoms with Gasteiger partial charge in [0.05, 0.1) is 13.2 Å². The number of nitrogens with one attached hydrogen (secondary N) is 1. The van der Waals surface area contributed by atoms with Gasteiger partial charge in [0, 0.05) is 12.3 Å². The molecule has 0 saturated heterocycles. The van der Waals surface area contributed by atoms with Crippen LogP contribution in [0.4, 0.5) is 5.69 Å². The normalized spacial score (nSPS) is 11.0. The Morgan fingerprint density at radius 3 is 2.54 bits per heavy atom. The van der Waals surface area contributed by atoms with E-state index in [1.807, 2.05) is 31.2 Å². The van der Waals surface area contributed by atoms with Crippen LogP contribution in [0.5, 0.6) is 0 Å². The summed E-state index contributed by atoms with van der Waals surface area (Å²) >= 11 is 0. The molecule has 0 heterocycles. The van der Waals surface area contributed by atoms with E-state index in [-0.39, 0.29) is 24.0 Å². The number of hydrogen-bond donors (Lipinski definition) is 2. The van der Waals surface area contributed by atoms with E-state index in [4.69, 9.17) is 10.5 Å². The smallest absolute Gasteiger partial charge is 0.193 e. The highest BCUT2D eigenvalue weighted by atomic mass is 127. The molecule has 0 spiro atoms. The first kappa shape index (κ1) is 20.4. The van der Waals surface area contributed by atoms with Gasteiger partial charge >= 0.3 is 0 Å². The number of aryl methyl sites for hydroxylation is 1. The molecule has 0 aromatic heterocycles. The molecule has 0 atom stereocenters. The van der Waals surface area contributed by atoms with Crippen molar-refractivity contribution < 1.29 is 4.74 Å². The van der Waals surface area contributed by atoms with Crippen molar-refractivity contribution in [1.29, 1.82) is 0 Å². The summed E-state index contributed by atoms with van der Waals surface area (Å²) in [6, 6.07) is 16.3. The molecule has 0 amide bonds. The summed E-state index contributed by atoms with van der Waals surface area (Å²) < 4.78 is 5.49. The lowest BCUT2D eigenvalue weighted by atomic mass is 10.1. The van der Waals surface area contributed by atoms with E-state index in [1.54, 1.807) is 0 Å². The Balaban J connectivity index is 0.00000288. The quantitative estimate of drug-likeness (QED) is 0.384. The van der Waals surface area contributed by atoms with E-state index < -0.39 is 0 Å². The molecule has 0 fully saturated rings. The minimum absolute atomic E-state index is 0. The van der Waals surface area contributed by atoms with Gasteiger partial charge in [0.1, 0.15) is 0 Å². The lowest BCUT2D eigenvalue weighted by molar-refractivity contribution is 0.133. The Bertz CT molecular complexity index is 659. The van der Waals surface area contributed by atoms with Crippen molar-refractivity contribution in [3.05, 3.63) is 65.2 Å². The Morgan fingerprint density at radius 2 is 1.83 bits per heavy atom. The largest absolute Gasteiger partial charge is 0.377 e. The van der Waals surface area contributed by atoms with Crippen molar-refractivity contribution >= 4 is 35.6 Å². The highest BCUT2D eigenvalue weighted by Gasteiger charge is 2.02. The molecule has 4 nitrogen and oxygen atoms in total. The van der Waals surface area contributed by atoms with Gasteiger partial charge in [0.15, 0.2) is 5.96 Å². The van der Waals surface area contributed by atoms with Crippen molar-refractivity contribution in [1.82, 2.24) is 0 Å². The van der Waals surface area contributed by atoms with Crippen LogP contribution < -0.4 is 11.1 Å². The highest BCUT2D eigenvalue weighted by Crippen LogP contribution is 2.13. The van der Waals surface area contributed by atoms with Crippen LogP contribution in [0.15, 0.2) is 53.5 Å². The van der Waals surface area contributed by atoms with Gasteiger partial charge in [-0.05, 0) is 42.2 Å². The minimum atomic E-state index is 0. The van der Waals surface area contributed by atoms with Crippen LogP contribution >= 0.6 is 24.0 Å². The number of nitrogens with zero attached hydrogens (tertiary/aromatic N) is 1. The summed E-state index contributed by atoms with van der Waals surface area (Å²) in [6.07, 6.45) is 0.997. The summed E-state index contributed by atoms with van der Waals surface area (Å²) in [7, 11) is 0. The first-order valence-electron chi connectivity index (χ1n) is 8.03. The van der Waals surface area contributed by atoms with Crippen molar-refractivity contribution in [2.24, 2.45) is 10.7 Å².